The van der Waals surface area contributed by atoms with Gasteiger partial charge in [0.1, 0.15) is 0 Å². The lowest BCUT2D eigenvalue weighted by atomic mass is 9.81. The van der Waals surface area contributed by atoms with Crippen LogP contribution in [0, 0.1) is 11.8 Å². The number of hydrogen-bond donors (Lipinski definition) is 1. The summed E-state index contributed by atoms with van der Waals surface area (Å²) in [6.07, 6.45) is 2.98. The SMILES string of the molecule is C=C1CC(CC)C(CC)C(=O)N1. The highest BCUT2D eigenvalue weighted by atomic mass is 16.2. The van der Waals surface area contributed by atoms with E-state index in [0.717, 1.165) is 25.0 Å². The Bertz CT molecular complexity index is 198. The van der Waals surface area contributed by atoms with E-state index in [9.17, 15) is 4.79 Å². The van der Waals surface area contributed by atoms with E-state index in [1.54, 1.807) is 0 Å². The minimum absolute atomic E-state index is 0.167. The van der Waals surface area contributed by atoms with Crippen molar-refractivity contribution in [2.24, 2.45) is 11.8 Å². The Hall–Kier alpha value is -0.790. The van der Waals surface area contributed by atoms with Gasteiger partial charge in [-0.3, -0.25) is 4.79 Å². The van der Waals surface area contributed by atoms with Gasteiger partial charge in [-0.05, 0) is 18.8 Å². The maximum atomic E-state index is 11.4. The van der Waals surface area contributed by atoms with Crippen LogP contribution in [0.25, 0.3) is 0 Å². The van der Waals surface area contributed by atoms with Gasteiger partial charge in [-0.1, -0.05) is 26.8 Å². The summed E-state index contributed by atoms with van der Waals surface area (Å²) in [6, 6.07) is 0. The van der Waals surface area contributed by atoms with Gasteiger partial charge in [-0.15, -0.1) is 0 Å². The molecule has 2 atom stereocenters. The van der Waals surface area contributed by atoms with E-state index in [1.807, 2.05) is 0 Å². The molecule has 12 heavy (non-hydrogen) atoms. The van der Waals surface area contributed by atoms with Crippen LogP contribution in [-0.2, 0) is 4.79 Å². The molecule has 0 aliphatic carbocycles. The first kappa shape index (κ1) is 9.30. The Morgan fingerprint density at radius 3 is 2.67 bits per heavy atom. The zero-order valence-corrected chi connectivity index (χ0v) is 7.89. The Kier molecular flexibility index (Phi) is 2.90. The van der Waals surface area contributed by atoms with E-state index < -0.39 is 0 Å². The molecular formula is C10H17NO. The van der Waals surface area contributed by atoms with Crippen LogP contribution in [0.3, 0.4) is 0 Å². The number of carbonyl (C=O) groups excluding carboxylic acids is 1. The van der Waals surface area contributed by atoms with Crippen LogP contribution in [0.15, 0.2) is 12.3 Å². The molecule has 0 saturated carbocycles. The van der Waals surface area contributed by atoms with Crippen LogP contribution in [0.4, 0.5) is 0 Å². The molecule has 0 aromatic heterocycles. The molecule has 0 spiro atoms. The van der Waals surface area contributed by atoms with Crippen molar-refractivity contribution in [2.45, 2.75) is 33.1 Å². The van der Waals surface area contributed by atoms with Crippen LogP contribution in [0.5, 0.6) is 0 Å². The lowest BCUT2D eigenvalue weighted by Crippen LogP contribution is -2.39. The average Bonchev–Trinajstić information content (AvgIpc) is 2.03. The number of carbonyl (C=O) groups is 1. The molecule has 0 radical (unpaired) electrons. The van der Waals surface area contributed by atoms with Crippen LogP contribution >= 0.6 is 0 Å². The fourth-order valence-electron chi connectivity index (χ4n) is 1.94. The van der Waals surface area contributed by atoms with Gasteiger partial charge in [0, 0.05) is 11.6 Å². The molecule has 1 aliphatic rings. The summed E-state index contributed by atoms with van der Waals surface area (Å²) in [5, 5.41) is 2.81. The summed E-state index contributed by atoms with van der Waals surface area (Å²) >= 11 is 0. The van der Waals surface area contributed by atoms with Crippen molar-refractivity contribution in [3.8, 4) is 0 Å². The largest absolute Gasteiger partial charge is 0.330 e. The topological polar surface area (TPSA) is 29.1 Å². The third-order valence-electron chi connectivity index (χ3n) is 2.68. The fourth-order valence-corrected chi connectivity index (χ4v) is 1.94. The molecule has 2 heteroatoms. The van der Waals surface area contributed by atoms with E-state index in [4.69, 9.17) is 0 Å². The third-order valence-corrected chi connectivity index (χ3v) is 2.68. The molecule has 1 fully saturated rings. The summed E-state index contributed by atoms with van der Waals surface area (Å²) in [7, 11) is 0. The van der Waals surface area contributed by atoms with E-state index in [0.29, 0.717) is 5.92 Å². The van der Waals surface area contributed by atoms with Crippen LogP contribution in [-0.4, -0.2) is 5.91 Å². The Labute approximate surface area is 74.0 Å². The van der Waals surface area contributed by atoms with E-state index in [-0.39, 0.29) is 11.8 Å². The van der Waals surface area contributed by atoms with Gasteiger partial charge < -0.3 is 5.32 Å². The predicted octanol–water partition coefficient (Wildman–Crippen LogP) is 2.07. The number of allylic oxidation sites excluding steroid dienone is 1. The van der Waals surface area contributed by atoms with E-state index >= 15 is 0 Å². The predicted molar refractivity (Wildman–Crippen MR) is 49.5 cm³/mol. The highest BCUT2D eigenvalue weighted by Gasteiger charge is 2.30. The van der Waals surface area contributed by atoms with Gasteiger partial charge in [0.2, 0.25) is 5.91 Å². The second-order valence-corrected chi connectivity index (χ2v) is 3.48. The van der Waals surface area contributed by atoms with Crippen LogP contribution in [0.2, 0.25) is 0 Å². The van der Waals surface area contributed by atoms with Gasteiger partial charge in [0.25, 0.3) is 0 Å². The first-order valence-corrected chi connectivity index (χ1v) is 4.67. The maximum Gasteiger partial charge on any atom is 0.227 e. The molecule has 1 N–H and O–H groups in total. The summed E-state index contributed by atoms with van der Waals surface area (Å²) in [6.45, 7) is 8.01. The molecule has 0 aromatic carbocycles. The van der Waals surface area contributed by atoms with Gasteiger partial charge in [-0.25, -0.2) is 0 Å². The number of nitrogens with one attached hydrogen (secondary N) is 1. The number of hydrogen-bond acceptors (Lipinski definition) is 1. The molecule has 1 aliphatic heterocycles. The van der Waals surface area contributed by atoms with Crippen molar-refractivity contribution in [3.63, 3.8) is 0 Å². The molecule has 2 nitrogen and oxygen atoms in total. The van der Waals surface area contributed by atoms with Crippen molar-refractivity contribution in [1.29, 1.82) is 0 Å². The zero-order valence-electron chi connectivity index (χ0n) is 7.89. The van der Waals surface area contributed by atoms with Gasteiger partial charge in [-0.2, -0.15) is 0 Å². The minimum atomic E-state index is 0.167. The number of amides is 1. The summed E-state index contributed by atoms with van der Waals surface area (Å²) in [4.78, 5) is 11.4. The standard InChI is InChI=1S/C10H17NO/c1-4-8-6-7(3)11-10(12)9(8)5-2/h8-9H,3-6H2,1-2H3,(H,11,12). The minimum Gasteiger partial charge on any atom is -0.330 e. The van der Waals surface area contributed by atoms with E-state index in [2.05, 4.69) is 25.7 Å². The number of piperidine rings is 1. The molecule has 1 amide bonds. The maximum absolute atomic E-state index is 11.4. The monoisotopic (exact) mass is 167 g/mol. The first-order valence-electron chi connectivity index (χ1n) is 4.67. The Balaban J connectivity index is 2.69. The molecule has 0 aromatic rings. The highest BCUT2D eigenvalue weighted by Crippen LogP contribution is 2.29. The molecule has 1 rings (SSSR count). The van der Waals surface area contributed by atoms with Crippen LogP contribution in [0.1, 0.15) is 33.1 Å². The second-order valence-electron chi connectivity index (χ2n) is 3.48. The molecule has 0 bridgehead atoms. The van der Waals surface area contributed by atoms with Crippen molar-refractivity contribution in [3.05, 3.63) is 12.3 Å². The van der Waals surface area contributed by atoms with Gasteiger partial charge in [0.15, 0.2) is 0 Å². The van der Waals surface area contributed by atoms with Gasteiger partial charge in [0.05, 0.1) is 0 Å². The van der Waals surface area contributed by atoms with Crippen molar-refractivity contribution >= 4 is 5.91 Å². The average molecular weight is 167 g/mol. The molecular weight excluding hydrogens is 150 g/mol. The van der Waals surface area contributed by atoms with Crippen molar-refractivity contribution in [1.82, 2.24) is 5.32 Å². The molecule has 2 unspecified atom stereocenters. The highest BCUT2D eigenvalue weighted by molar-refractivity contribution is 5.81. The molecule has 1 heterocycles. The Morgan fingerprint density at radius 1 is 1.50 bits per heavy atom. The summed E-state index contributed by atoms with van der Waals surface area (Å²) in [5.74, 6) is 0.886. The first-order chi connectivity index (χ1) is 5.69. The Morgan fingerprint density at radius 2 is 2.17 bits per heavy atom. The normalized spacial score (nSPS) is 30.2. The van der Waals surface area contributed by atoms with E-state index in [1.165, 1.54) is 0 Å². The quantitative estimate of drug-likeness (QED) is 0.670. The molecule has 1 saturated heterocycles. The summed E-state index contributed by atoms with van der Waals surface area (Å²) in [5.41, 5.74) is 0.886. The molecule has 68 valence electrons. The van der Waals surface area contributed by atoms with Crippen molar-refractivity contribution in [2.75, 3.05) is 0 Å². The second kappa shape index (κ2) is 3.74. The fraction of sp³-hybridized carbons (Fsp3) is 0.700. The van der Waals surface area contributed by atoms with Gasteiger partial charge >= 0.3 is 0 Å². The zero-order chi connectivity index (χ0) is 9.14. The summed E-state index contributed by atoms with van der Waals surface area (Å²) < 4.78 is 0. The number of rotatable bonds is 2. The third kappa shape index (κ3) is 1.68. The smallest absolute Gasteiger partial charge is 0.227 e. The lowest BCUT2D eigenvalue weighted by molar-refractivity contribution is -0.127. The van der Waals surface area contributed by atoms with Crippen LogP contribution < -0.4 is 5.32 Å². The lowest BCUT2D eigenvalue weighted by Gasteiger charge is -2.30. The van der Waals surface area contributed by atoms with Crippen molar-refractivity contribution < 1.29 is 4.79 Å².